The second kappa shape index (κ2) is 7.29. The fourth-order valence-corrected chi connectivity index (χ4v) is 1.93. The summed E-state index contributed by atoms with van der Waals surface area (Å²) in [7, 11) is 0. The van der Waals surface area contributed by atoms with Crippen molar-refractivity contribution in [3.63, 3.8) is 0 Å². The highest BCUT2D eigenvalue weighted by molar-refractivity contribution is 5.73. The average molecular weight is 281 g/mol. The van der Waals surface area contributed by atoms with Crippen molar-refractivity contribution in [1.29, 1.82) is 0 Å². The van der Waals surface area contributed by atoms with Gasteiger partial charge in [0.1, 0.15) is 11.5 Å². The molecule has 21 heavy (non-hydrogen) atoms. The molecule has 0 aliphatic heterocycles. The third kappa shape index (κ3) is 5.15. The van der Waals surface area contributed by atoms with Gasteiger partial charge >= 0.3 is 0 Å². The Bertz CT molecular complexity index is 620. The lowest BCUT2D eigenvalue weighted by molar-refractivity contribution is -0.119. The molecule has 0 bridgehead atoms. The maximum Gasteiger partial charge on any atom is 0.217 e. The smallest absolute Gasteiger partial charge is 0.217 e. The summed E-state index contributed by atoms with van der Waals surface area (Å²) < 4.78 is 5.79. The van der Waals surface area contributed by atoms with E-state index in [1.807, 2.05) is 73.7 Å². The number of hydrogen-bond donors (Lipinski definition) is 1. The van der Waals surface area contributed by atoms with E-state index in [-0.39, 0.29) is 11.9 Å². The zero-order valence-corrected chi connectivity index (χ0v) is 12.2. The molecule has 0 aromatic heterocycles. The number of hydrogen-bond acceptors (Lipinski definition) is 2. The summed E-state index contributed by atoms with van der Waals surface area (Å²) in [5.74, 6) is 1.56. The topological polar surface area (TPSA) is 38.3 Å². The SMILES string of the molecule is CC(=O)NC(C)/C=C/c1cccc(Oc2ccccc2)c1. The van der Waals surface area contributed by atoms with E-state index in [0.717, 1.165) is 17.1 Å². The number of para-hydroxylation sites is 1. The van der Waals surface area contributed by atoms with Crippen molar-refractivity contribution in [3.05, 3.63) is 66.2 Å². The van der Waals surface area contributed by atoms with Crippen LogP contribution in [0.5, 0.6) is 11.5 Å². The van der Waals surface area contributed by atoms with Crippen molar-refractivity contribution >= 4 is 12.0 Å². The van der Waals surface area contributed by atoms with Gasteiger partial charge in [0.25, 0.3) is 0 Å². The van der Waals surface area contributed by atoms with Gasteiger partial charge in [0.15, 0.2) is 0 Å². The molecule has 0 radical (unpaired) electrons. The first-order valence-electron chi connectivity index (χ1n) is 6.92. The van der Waals surface area contributed by atoms with Crippen LogP contribution in [0.2, 0.25) is 0 Å². The van der Waals surface area contributed by atoms with Crippen molar-refractivity contribution in [2.75, 3.05) is 0 Å². The molecule has 1 amide bonds. The van der Waals surface area contributed by atoms with Crippen LogP contribution < -0.4 is 10.1 Å². The maximum atomic E-state index is 11.0. The number of ether oxygens (including phenoxy) is 1. The first-order valence-corrected chi connectivity index (χ1v) is 6.92. The molecule has 0 spiro atoms. The van der Waals surface area contributed by atoms with E-state index in [9.17, 15) is 4.79 Å². The lowest BCUT2D eigenvalue weighted by Crippen LogP contribution is -2.28. The lowest BCUT2D eigenvalue weighted by Gasteiger charge is -2.08. The van der Waals surface area contributed by atoms with Crippen LogP contribution in [0, 0.1) is 0 Å². The second-order valence-electron chi connectivity index (χ2n) is 4.84. The van der Waals surface area contributed by atoms with Gasteiger partial charge in [0, 0.05) is 13.0 Å². The Hall–Kier alpha value is -2.55. The summed E-state index contributed by atoms with van der Waals surface area (Å²) in [6.45, 7) is 3.45. The van der Waals surface area contributed by atoms with Crippen molar-refractivity contribution in [3.8, 4) is 11.5 Å². The molecule has 1 atom stereocenters. The standard InChI is InChI=1S/C18H19NO2/c1-14(19-15(2)20)11-12-16-7-6-10-18(13-16)21-17-8-4-3-5-9-17/h3-14H,1-2H3,(H,19,20)/b12-11+. The van der Waals surface area contributed by atoms with Crippen LogP contribution in [0.1, 0.15) is 19.4 Å². The van der Waals surface area contributed by atoms with Gasteiger partial charge in [-0.3, -0.25) is 4.79 Å². The molecule has 0 fully saturated rings. The molecule has 0 aliphatic carbocycles. The lowest BCUT2D eigenvalue weighted by atomic mass is 10.1. The fraction of sp³-hybridized carbons (Fsp3) is 0.167. The number of carbonyl (C=O) groups excluding carboxylic acids is 1. The predicted molar refractivity (Wildman–Crippen MR) is 85.3 cm³/mol. The molecule has 0 heterocycles. The summed E-state index contributed by atoms with van der Waals surface area (Å²) in [5.41, 5.74) is 1.03. The average Bonchev–Trinajstić information content (AvgIpc) is 2.46. The van der Waals surface area contributed by atoms with Crippen molar-refractivity contribution in [2.45, 2.75) is 19.9 Å². The first kappa shape index (κ1) is 14.9. The van der Waals surface area contributed by atoms with E-state index < -0.39 is 0 Å². The van der Waals surface area contributed by atoms with Crippen LogP contribution in [0.15, 0.2) is 60.7 Å². The summed E-state index contributed by atoms with van der Waals surface area (Å²) in [6.07, 6.45) is 3.92. The Kier molecular flexibility index (Phi) is 5.16. The fourth-order valence-electron chi connectivity index (χ4n) is 1.93. The summed E-state index contributed by atoms with van der Waals surface area (Å²) >= 11 is 0. The Morgan fingerprint density at radius 2 is 1.81 bits per heavy atom. The molecule has 1 N–H and O–H groups in total. The summed E-state index contributed by atoms with van der Waals surface area (Å²) in [5, 5.41) is 2.81. The van der Waals surface area contributed by atoms with Gasteiger partial charge < -0.3 is 10.1 Å². The predicted octanol–water partition coefficient (Wildman–Crippen LogP) is 4.02. The van der Waals surface area contributed by atoms with E-state index in [4.69, 9.17) is 4.74 Å². The highest BCUT2D eigenvalue weighted by Gasteiger charge is 1.99. The van der Waals surface area contributed by atoms with Gasteiger partial charge in [0.05, 0.1) is 0 Å². The Morgan fingerprint density at radius 1 is 1.10 bits per heavy atom. The molecule has 2 aromatic carbocycles. The molecule has 108 valence electrons. The van der Waals surface area contributed by atoms with Gasteiger partial charge in [-0.05, 0) is 36.8 Å². The van der Waals surface area contributed by atoms with Crippen LogP contribution in [-0.2, 0) is 4.79 Å². The molecule has 2 rings (SSSR count). The van der Waals surface area contributed by atoms with E-state index >= 15 is 0 Å². The van der Waals surface area contributed by atoms with Crippen LogP contribution >= 0.6 is 0 Å². The quantitative estimate of drug-likeness (QED) is 0.899. The first-order chi connectivity index (χ1) is 10.1. The van der Waals surface area contributed by atoms with E-state index in [2.05, 4.69) is 5.32 Å². The largest absolute Gasteiger partial charge is 0.457 e. The zero-order chi connectivity index (χ0) is 15.1. The summed E-state index contributed by atoms with van der Waals surface area (Å²) in [4.78, 5) is 11.0. The zero-order valence-electron chi connectivity index (χ0n) is 12.2. The van der Waals surface area contributed by atoms with Crippen molar-refractivity contribution in [2.24, 2.45) is 0 Å². The maximum absolute atomic E-state index is 11.0. The highest BCUT2D eigenvalue weighted by Crippen LogP contribution is 2.22. The number of amides is 1. The van der Waals surface area contributed by atoms with Gasteiger partial charge in [-0.1, -0.05) is 42.5 Å². The minimum atomic E-state index is -0.0340. The molecular formula is C18H19NO2. The second-order valence-corrected chi connectivity index (χ2v) is 4.84. The molecule has 2 aromatic rings. The van der Waals surface area contributed by atoms with Gasteiger partial charge in [-0.2, -0.15) is 0 Å². The van der Waals surface area contributed by atoms with E-state index in [0.29, 0.717) is 0 Å². The Labute approximate surface area is 125 Å². The van der Waals surface area contributed by atoms with Crippen molar-refractivity contribution < 1.29 is 9.53 Å². The number of nitrogens with one attached hydrogen (secondary N) is 1. The normalized spacial score (nSPS) is 12.1. The molecular weight excluding hydrogens is 262 g/mol. The molecule has 1 unspecified atom stereocenters. The Balaban J connectivity index is 2.04. The van der Waals surface area contributed by atoms with E-state index in [1.54, 1.807) is 0 Å². The highest BCUT2D eigenvalue weighted by atomic mass is 16.5. The summed E-state index contributed by atoms with van der Waals surface area (Å²) in [6, 6.07) is 17.5. The van der Waals surface area contributed by atoms with Gasteiger partial charge in [0.2, 0.25) is 5.91 Å². The molecule has 3 nitrogen and oxygen atoms in total. The third-order valence-electron chi connectivity index (χ3n) is 2.85. The molecule has 0 saturated heterocycles. The number of carbonyl (C=O) groups is 1. The van der Waals surface area contributed by atoms with Gasteiger partial charge in [-0.15, -0.1) is 0 Å². The molecule has 0 aliphatic rings. The molecule has 0 saturated carbocycles. The monoisotopic (exact) mass is 281 g/mol. The third-order valence-corrected chi connectivity index (χ3v) is 2.85. The van der Waals surface area contributed by atoms with E-state index in [1.165, 1.54) is 6.92 Å². The van der Waals surface area contributed by atoms with Crippen LogP contribution in [-0.4, -0.2) is 11.9 Å². The van der Waals surface area contributed by atoms with Crippen LogP contribution in [0.4, 0.5) is 0 Å². The minimum absolute atomic E-state index is 0.00111. The number of benzene rings is 2. The van der Waals surface area contributed by atoms with Crippen LogP contribution in [0.3, 0.4) is 0 Å². The minimum Gasteiger partial charge on any atom is -0.457 e. The Morgan fingerprint density at radius 3 is 2.52 bits per heavy atom. The van der Waals surface area contributed by atoms with Crippen LogP contribution in [0.25, 0.3) is 6.08 Å². The molecule has 3 heteroatoms. The number of rotatable bonds is 5. The van der Waals surface area contributed by atoms with Crippen molar-refractivity contribution in [1.82, 2.24) is 5.32 Å². The van der Waals surface area contributed by atoms with Gasteiger partial charge in [-0.25, -0.2) is 0 Å².